The molecule has 1 rings (SSSR count). The fourth-order valence-corrected chi connectivity index (χ4v) is 1.62. The first kappa shape index (κ1) is 13.8. The number of amides is 1. The van der Waals surface area contributed by atoms with Gasteiger partial charge in [0.15, 0.2) is 0 Å². The molecule has 0 aliphatic carbocycles. The third kappa shape index (κ3) is 4.24. The fraction of sp³-hybridized carbons (Fsp3) is 0.417. The quantitative estimate of drug-likeness (QED) is 0.724. The molecule has 17 heavy (non-hydrogen) atoms. The van der Waals surface area contributed by atoms with Crippen LogP contribution in [0, 0.1) is 5.92 Å². The Labute approximate surface area is 106 Å². The molecule has 0 heterocycles. The van der Waals surface area contributed by atoms with Crippen molar-refractivity contribution in [2.45, 2.75) is 26.3 Å². The summed E-state index contributed by atoms with van der Waals surface area (Å²) in [6.45, 7) is 4.01. The van der Waals surface area contributed by atoms with E-state index in [4.69, 9.17) is 17.3 Å². The van der Waals surface area contributed by atoms with Gasteiger partial charge in [0.2, 0.25) is 5.91 Å². The van der Waals surface area contributed by atoms with E-state index >= 15 is 0 Å². The van der Waals surface area contributed by atoms with Crippen LogP contribution in [0.15, 0.2) is 18.2 Å². The smallest absolute Gasteiger partial charge is 0.241 e. The molecule has 0 saturated heterocycles. The van der Waals surface area contributed by atoms with Gasteiger partial charge in [0.05, 0.1) is 11.1 Å². The van der Waals surface area contributed by atoms with Crippen molar-refractivity contribution in [1.82, 2.24) is 0 Å². The number of aromatic hydroxyl groups is 1. The number of rotatable bonds is 4. The number of halogens is 1. The van der Waals surface area contributed by atoms with Crippen molar-refractivity contribution in [2.24, 2.45) is 11.7 Å². The van der Waals surface area contributed by atoms with Gasteiger partial charge < -0.3 is 16.2 Å². The Kier molecular flexibility index (Phi) is 4.78. The van der Waals surface area contributed by atoms with Crippen LogP contribution in [0.1, 0.15) is 20.3 Å². The van der Waals surface area contributed by atoms with Gasteiger partial charge >= 0.3 is 0 Å². The zero-order valence-electron chi connectivity index (χ0n) is 9.90. The average molecular weight is 257 g/mol. The summed E-state index contributed by atoms with van der Waals surface area (Å²) in [4.78, 5) is 11.7. The van der Waals surface area contributed by atoms with Gasteiger partial charge in [0.25, 0.3) is 0 Å². The Hall–Kier alpha value is -1.26. The molecule has 1 aromatic rings. The number of benzene rings is 1. The summed E-state index contributed by atoms with van der Waals surface area (Å²) >= 11 is 5.73. The first-order chi connectivity index (χ1) is 7.90. The van der Waals surface area contributed by atoms with E-state index in [-0.39, 0.29) is 16.7 Å². The maximum absolute atomic E-state index is 11.7. The van der Waals surface area contributed by atoms with Crippen LogP contribution in [0.4, 0.5) is 5.69 Å². The number of carbonyl (C=O) groups excluding carboxylic acids is 1. The van der Waals surface area contributed by atoms with E-state index in [9.17, 15) is 9.90 Å². The lowest BCUT2D eigenvalue weighted by Gasteiger charge is -2.14. The molecule has 1 amide bonds. The predicted octanol–water partition coefficient (Wildman–Crippen LogP) is 2.36. The lowest BCUT2D eigenvalue weighted by Crippen LogP contribution is -2.36. The Morgan fingerprint density at radius 1 is 1.53 bits per heavy atom. The number of phenols is 1. The van der Waals surface area contributed by atoms with E-state index in [0.29, 0.717) is 18.0 Å². The SMILES string of the molecule is CC(C)C[C@@H](N)C(=O)Nc1ccc(O)c(Cl)c1. The number of nitrogens with one attached hydrogen (secondary N) is 1. The molecule has 0 saturated carbocycles. The van der Waals surface area contributed by atoms with E-state index in [2.05, 4.69) is 5.32 Å². The van der Waals surface area contributed by atoms with Crippen molar-refractivity contribution in [3.05, 3.63) is 23.2 Å². The average Bonchev–Trinajstić information content (AvgIpc) is 2.22. The standard InChI is InChI=1S/C12H17ClN2O2/c1-7(2)5-10(14)12(17)15-8-3-4-11(16)9(13)6-8/h3-4,6-7,10,16H,5,14H2,1-2H3,(H,15,17)/t10-/m1/s1. The highest BCUT2D eigenvalue weighted by molar-refractivity contribution is 6.32. The van der Waals surface area contributed by atoms with Crippen molar-refractivity contribution in [3.8, 4) is 5.75 Å². The number of anilines is 1. The summed E-state index contributed by atoms with van der Waals surface area (Å²) in [5.74, 6) is 0.0933. The maximum Gasteiger partial charge on any atom is 0.241 e. The summed E-state index contributed by atoms with van der Waals surface area (Å²) in [7, 11) is 0. The van der Waals surface area contributed by atoms with Crippen LogP contribution in [-0.4, -0.2) is 17.1 Å². The van der Waals surface area contributed by atoms with Gasteiger partial charge in [-0.25, -0.2) is 0 Å². The highest BCUT2D eigenvalue weighted by atomic mass is 35.5. The number of hydrogen-bond acceptors (Lipinski definition) is 3. The predicted molar refractivity (Wildman–Crippen MR) is 69.2 cm³/mol. The molecule has 1 atom stereocenters. The minimum absolute atomic E-state index is 0.0175. The largest absolute Gasteiger partial charge is 0.506 e. The number of carbonyl (C=O) groups is 1. The highest BCUT2D eigenvalue weighted by Gasteiger charge is 2.15. The van der Waals surface area contributed by atoms with E-state index in [0.717, 1.165) is 0 Å². The molecule has 0 spiro atoms. The van der Waals surface area contributed by atoms with Gasteiger partial charge in [-0.2, -0.15) is 0 Å². The molecule has 0 aliphatic rings. The van der Waals surface area contributed by atoms with Gasteiger partial charge in [-0.05, 0) is 30.5 Å². The minimum atomic E-state index is -0.539. The molecule has 4 N–H and O–H groups in total. The monoisotopic (exact) mass is 256 g/mol. The number of phenolic OH excluding ortho intramolecular Hbond substituents is 1. The lowest BCUT2D eigenvalue weighted by molar-refractivity contribution is -0.117. The Balaban J connectivity index is 2.64. The summed E-state index contributed by atoms with van der Waals surface area (Å²) in [6, 6.07) is 3.94. The van der Waals surface area contributed by atoms with Crippen LogP contribution in [0.5, 0.6) is 5.75 Å². The molecule has 0 aromatic heterocycles. The molecule has 0 bridgehead atoms. The molecule has 0 radical (unpaired) electrons. The minimum Gasteiger partial charge on any atom is -0.506 e. The highest BCUT2D eigenvalue weighted by Crippen LogP contribution is 2.26. The van der Waals surface area contributed by atoms with Crippen LogP contribution < -0.4 is 11.1 Å². The first-order valence-electron chi connectivity index (χ1n) is 5.45. The topological polar surface area (TPSA) is 75.4 Å². The lowest BCUT2D eigenvalue weighted by atomic mass is 10.0. The van der Waals surface area contributed by atoms with Crippen LogP contribution in [0.25, 0.3) is 0 Å². The molecular formula is C12H17ClN2O2. The van der Waals surface area contributed by atoms with E-state index < -0.39 is 6.04 Å². The molecule has 1 aromatic carbocycles. The fourth-order valence-electron chi connectivity index (χ4n) is 1.43. The second-order valence-electron chi connectivity index (χ2n) is 4.39. The molecular weight excluding hydrogens is 240 g/mol. The second-order valence-corrected chi connectivity index (χ2v) is 4.80. The van der Waals surface area contributed by atoms with Gasteiger partial charge in [0.1, 0.15) is 5.75 Å². The van der Waals surface area contributed by atoms with Crippen molar-refractivity contribution < 1.29 is 9.90 Å². The van der Waals surface area contributed by atoms with Crippen LogP contribution in [0.2, 0.25) is 5.02 Å². The summed E-state index contributed by atoms with van der Waals surface area (Å²) in [5, 5.41) is 12.1. The first-order valence-corrected chi connectivity index (χ1v) is 5.83. The van der Waals surface area contributed by atoms with Gasteiger partial charge in [-0.15, -0.1) is 0 Å². The van der Waals surface area contributed by atoms with Crippen LogP contribution in [-0.2, 0) is 4.79 Å². The molecule has 4 nitrogen and oxygen atoms in total. The van der Waals surface area contributed by atoms with E-state index in [1.807, 2.05) is 13.8 Å². The molecule has 94 valence electrons. The Bertz CT molecular complexity index is 407. The molecule has 0 unspecified atom stereocenters. The van der Waals surface area contributed by atoms with Crippen molar-refractivity contribution in [1.29, 1.82) is 0 Å². The van der Waals surface area contributed by atoms with Crippen LogP contribution >= 0.6 is 11.6 Å². The van der Waals surface area contributed by atoms with Crippen molar-refractivity contribution >= 4 is 23.2 Å². The maximum atomic E-state index is 11.7. The molecule has 0 fully saturated rings. The number of hydrogen-bond donors (Lipinski definition) is 3. The Morgan fingerprint density at radius 2 is 2.18 bits per heavy atom. The van der Waals surface area contributed by atoms with E-state index in [1.54, 1.807) is 6.07 Å². The Morgan fingerprint density at radius 3 is 2.71 bits per heavy atom. The number of nitrogens with two attached hydrogens (primary N) is 1. The summed E-state index contributed by atoms with van der Waals surface area (Å²) in [6.07, 6.45) is 0.623. The zero-order chi connectivity index (χ0) is 13.0. The second kappa shape index (κ2) is 5.89. The third-order valence-corrected chi connectivity index (χ3v) is 2.58. The van der Waals surface area contributed by atoms with Gasteiger partial charge in [0, 0.05) is 5.69 Å². The molecule has 5 heteroatoms. The summed E-state index contributed by atoms with van der Waals surface area (Å²) < 4.78 is 0. The van der Waals surface area contributed by atoms with Gasteiger partial charge in [-0.1, -0.05) is 25.4 Å². The summed E-state index contributed by atoms with van der Waals surface area (Å²) in [5.41, 5.74) is 6.26. The van der Waals surface area contributed by atoms with E-state index in [1.165, 1.54) is 12.1 Å². The van der Waals surface area contributed by atoms with Gasteiger partial charge in [-0.3, -0.25) is 4.79 Å². The van der Waals surface area contributed by atoms with Crippen molar-refractivity contribution in [2.75, 3.05) is 5.32 Å². The van der Waals surface area contributed by atoms with Crippen LogP contribution in [0.3, 0.4) is 0 Å². The third-order valence-electron chi connectivity index (χ3n) is 2.28. The normalized spacial score (nSPS) is 12.5. The van der Waals surface area contributed by atoms with Crippen molar-refractivity contribution in [3.63, 3.8) is 0 Å². The zero-order valence-corrected chi connectivity index (χ0v) is 10.7. The molecule has 0 aliphatic heterocycles.